The van der Waals surface area contributed by atoms with Crippen molar-refractivity contribution in [3.8, 4) is 6.07 Å². The van der Waals surface area contributed by atoms with Gasteiger partial charge in [-0.05, 0) is 63.5 Å². The summed E-state index contributed by atoms with van der Waals surface area (Å²) in [6, 6.07) is 8.96. The molecule has 2 rings (SSSR count). The van der Waals surface area contributed by atoms with Crippen LogP contribution in [0.2, 0.25) is 0 Å². The molecule has 1 fully saturated rings. The van der Waals surface area contributed by atoms with Crippen molar-refractivity contribution in [2.45, 2.75) is 51.5 Å². The summed E-state index contributed by atoms with van der Waals surface area (Å²) in [5, 5.41) is 12.4. The molecule has 0 bridgehead atoms. The molecular formula is C18H27N3. The van der Waals surface area contributed by atoms with Crippen LogP contribution in [-0.2, 0) is 0 Å². The number of hydrogen-bond acceptors (Lipinski definition) is 3. The average Bonchev–Trinajstić information content (AvgIpc) is 2.52. The molecule has 3 heteroatoms. The first-order valence-electron chi connectivity index (χ1n) is 8.15. The second-order valence-corrected chi connectivity index (χ2v) is 6.19. The Morgan fingerprint density at radius 1 is 1.29 bits per heavy atom. The molecule has 0 aromatic heterocycles. The Hall–Kier alpha value is -1.53. The summed E-state index contributed by atoms with van der Waals surface area (Å²) in [5.74, 6) is 0. The second-order valence-electron chi connectivity index (χ2n) is 6.19. The lowest BCUT2D eigenvalue weighted by molar-refractivity contribution is 0.191. The molecule has 1 aromatic rings. The van der Waals surface area contributed by atoms with Crippen LogP contribution < -0.4 is 5.32 Å². The van der Waals surface area contributed by atoms with Crippen LogP contribution in [0.3, 0.4) is 0 Å². The van der Waals surface area contributed by atoms with Gasteiger partial charge in [0.05, 0.1) is 11.6 Å². The third kappa shape index (κ3) is 4.75. The summed E-state index contributed by atoms with van der Waals surface area (Å²) < 4.78 is 0. The highest BCUT2D eigenvalue weighted by atomic mass is 15.1. The van der Waals surface area contributed by atoms with Crippen molar-refractivity contribution in [3.05, 3.63) is 29.3 Å². The van der Waals surface area contributed by atoms with Crippen LogP contribution in [0.25, 0.3) is 0 Å². The molecule has 0 amide bonds. The third-order valence-corrected chi connectivity index (χ3v) is 4.56. The first-order chi connectivity index (χ1) is 10.2. The van der Waals surface area contributed by atoms with Crippen molar-refractivity contribution in [1.29, 1.82) is 5.26 Å². The van der Waals surface area contributed by atoms with Crippen LogP contribution in [-0.4, -0.2) is 31.1 Å². The normalized spacial score (nSPS) is 15.9. The SMILES string of the molecule is Cc1cc(NCCCN(C)C2CCCCC2)ccc1C#N. The van der Waals surface area contributed by atoms with Crippen molar-refractivity contribution < 1.29 is 0 Å². The van der Waals surface area contributed by atoms with E-state index < -0.39 is 0 Å². The van der Waals surface area contributed by atoms with Gasteiger partial charge in [-0.2, -0.15) is 5.26 Å². The van der Waals surface area contributed by atoms with Crippen molar-refractivity contribution in [3.63, 3.8) is 0 Å². The molecule has 3 nitrogen and oxygen atoms in total. The van der Waals surface area contributed by atoms with Crippen LogP contribution in [0, 0.1) is 18.3 Å². The zero-order valence-corrected chi connectivity index (χ0v) is 13.4. The predicted octanol–water partition coefficient (Wildman–Crippen LogP) is 3.93. The number of nitriles is 1. The van der Waals surface area contributed by atoms with E-state index in [9.17, 15) is 0 Å². The van der Waals surface area contributed by atoms with Gasteiger partial charge >= 0.3 is 0 Å². The molecule has 1 aromatic carbocycles. The Labute approximate surface area is 129 Å². The molecule has 0 aliphatic heterocycles. The molecule has 0 radical (unpaired) electrons. The highest BCUT2D eigenvalue weighted by molar-refractivity contribution is 5.51. The number of benzene rings is 1. The Morgan fingerprint density at radius 3 is 2.71 bits per heavy atom. The number of aryl methyl sites for hydroxylation is 1. The van der Waals surface area contributed by atoms with Crippen molar-refractivity contribution in [2.24, 2.45) is 0 Å². The molecule has 21 heavy (non-hydrogen) atoms. The molecule has 0 heterocycles. The molecule has 0 saturated heterocycles. The zero-order chi connectivity index (χ0) is 15.1. The Balaban J connectivity index is 1.69. The molecule has 1 N–H and O–H groups in total. The van der Waals surface area contributed by atoms with Crippen LogP contribution in [0.4, 0.5) is 5.69 Å². The average molecular weight is 285 g/mol. The third-order valence-electron chi connectivity index (χ3n) is 4.56. The van der Waals surface area contributed by atoms with Gasteiger partial charge < -0.3 is 10.2 Å². The van der Waals surface area contributed by atoms with Crippen molar-refractivity contribution in [2.75, 3.05) is 25.5 Å². The topological polar surface area (TPSA) is 39.1 Å². The molecule has 114 valence electrons. The van der Waals surface area contributed by atoms with Crippen molar-refractivity contribution >= 4 is 5.69 Å². The summed E-state index contributed by atoms with van der Waals surface area (Å²) in [4.78, 5) is 2.53. The van der Waals surface area contributed by atoms with Crippen LogP contribution in [0.1, 0.15) is 49.7 Å². The van der Waals surface area contributed by atoms with E-state index in [-0.39, 0.29) is 0 Å². The Morgan fingerprint density at radius 2 is 2.05 bits per heavy atom. The van der Waals surface area contributed by atoms with E-state index in [2.05, 4.69) is 29.4 Å². The first-order valence-corrected chi connectivity index (χ1v) is 8.15. The highest BCUT2D eigenvalue weighted by Crippen LogP contribution is 2.21. The quantitative estimate of drug-likeness (QED) is 0.805. The van der Waals surface area contributed by atoms with Crippen LogP contribution in [0.5, 0.6) is 0 Å². The van der Waals surface area contributed by atoms with Gasteiger partial charge in [-0.25, -0.2) is 0 Å². The predicted molar refractivity (Wildman–Crippen MR) is 88.5 cm³/mol. The minimum atomic E-state index is 0.762. The Kier molecular flexibility index (Phi) is 6.07. The lowest BCUT2D eigenvalue weighted by Gasteiger charge is -2.31. The summed E-state index contributed by atoms with van der Waals surface area (Å²) in [6.07, 6.45) is 8.13. The van der Waals surface area contributed by atoms with E-state index in [0.29, 0.717) is 0 Å². The minimum Gasteiger partial charge on any atom is -0.385 e. The fourth-order valence-electron chi connectivity index (χ4n) is 3.16. The molecular weight excluding hydrogens is 258 g/mol. The van der Waals surface area contributed by atoms with Gasteiger partial charge in [0.2, 0.25) is 0 Å². The van der Waals surface area contributed by atoms with Crippen molar-refractivity contribution in [1.82, 2.24) is 4.90 Å². The molecule has 1 aliphatic carbocycles. The fraction of sp³-hybridized carbons (Fsp3) is 0.611. The highest BCUT2D eigenvalue weighted by Gasteiger charge is 2.17. The molecule has 0 unspecified atom stereocenters. The van der Waals surface area contributed by atoms with Gasteiger partial charge in [-0.3, -0.25) is 0 Å². The standard InChI is InChI=1S/C18H27N3/c1-15-13-17(10-9-16(15)14-19)20-11-6-12-21(2)18-7-4-3-5-8-18/h9-10,13,18,20H,3-8,11-12H2,1-2H3. The van der Waals surface area contributed by atoms with E-state index in [1.807, 2.05) is 19.1 Å². The largest absolute Gasteiger partial charge is 0.385 e. The summed E-state index contributed by atoms with van der Waals surface area (Å²) in [5.41, 5.74) is 2.92. The van der Waals surface area contributed by atoms with Gasteiger partial charge in [0.25, 0.3) is 0 Å². The van der Waals surface area contributed by atoms with E-state index in [0.717, 1.165) is 42.4 Å². The van der Waals surface area contributed by atoms with Crippen LogP contribution >= 0.6 is 0 Å². The van der Waals surface area contributed by atoms with Gasteiger partial charge in [-0.15, -0.1) is 0 Å². The molecule has 0 spiro atoms. The van der Waals surface area contributed by atoms with E-state index in [1.54, 1.807) is 0 Å². The lowest BCUT2D eigenvalue weighted by Crippen LogP contribution is -2.34. The number of nitrogens with one attached hydrogen (secondary N) is 1. The number of rotatable bonds is 6. The molecule has 0 atom stereocenters. The van der Waals surface area contributed by atoms with Gasteiger partial charge in [-0.1, -0.05) is 19.3 Å². The molecule has 1 aliphatic rings. The monoisotopic (exact) mass is 285 g/mol. The smallest absolute Gasteiger partial charge is 0.0994 e. The van der Waals surface area contributed by atoms with E-state index in [1.165, 1.54) is 32.1 Å². The van der Waals surface area contributed by atoms with Gasteiger partial charge in [0.1, 0.15) is 0 Å². The Bertz CT molecular complexity index is 484. The maximum Gasteiger partial charge on any atom is 0.0994 e. The van der Waals surface area contributed by atoms with Crippen LogP contribution in [0.15, 0.2) is 18.2 Å². The summed E-state index contributed by atoms with van der Waals surface area (Å²) >= 11 is 0. The zero-order valence-electron chi connectivity index (χ0n) is 13.4. The van der Waals surface area contributed by atoms with E-state index >= 15 is 0 Å². The minimum absolute atomic E-state index is 0.762. The fourth-order valence-corrected chi connectivity index (χ4v) is 3.16. The number of hydrogen-bond donors (Lipinski definition) is 1. The number of anilines is 1. The molecule has 1 saturated carbocycles. The van der Waals surface area contributed by atoms with Gasteiger partial charge in [0, 0.05) is 18.3 Å². The lowest BCUT2D eigenvalue weighted by atomic mass is 9.94. The summed E-state index contributed by atoms with van der Waals surface area (Å²) in [7, 11) is 2.27. The maximum absolute atomic E-state index is 8.93. The summed E-state index contributed by atoms with van der Waals surface area (Å²) in [6.45, 7) is 4.13. The first kappa shape index (κ1) is 15.9. The number of nitrogens with zero attached hydrogens (tertiary/aromatic N) is 2. The second kappa shape index (κ2) is 8.05. The van der Waals surface area contributed by atoms with E-state index in [4.69, 9.17) is 5.26 Å². The van der Waals surface area contributed by atoms with Gasteiger partial charge in [0.15, 0.2) is 0 Å². The maximum atomic E-state index is 8.93.